The van der Waals surface area contributed by atoms with Crippen molar-refractivity contribution in [2.75, 3.05) is 51.1 Å². The van der Waals surface area contributed by atoms with Crippen LogP contribution in [0.25, 0.3) is 11.0 Å². The topological polar surface area (TPSA) is 133 Å². The number of rotatable bonds is 6. The number of aryl methyl sites for hydroxylation is 3. The Kier molecular flexibility index (Phi) is 10.1. The van der Waals surface area contributed by atoms with E-state index in [1.807, 2.05) is 53.1 Å². The normalized spacial score (nSPS) is 20.6. The minimum absolute atomic E-state index is 0.00234. The molecule has 4 amide bonds. The summed E-state index contributed by atoms with van der Waals surface area (Å²) in [5.41, 5.74) is 5.18. The van der Waals surface area contributed by atoms with Crippen molar-refractivity contribution in [3.8, 4) is 0 Å². The number of nitrogens with one attached hydrogen (secondary N) is 1. The molecular formula is C38H51N7O6. The zero-order valence-electron chi connectivity index (χ0n) is 30.1. The van der Waals surface area contributed by atoms with Crippen molar-refractivity contribution >= 4 is 34.8 Å². The monoisotopic (exact) mass is 701 g/mol. The molecule has 3 fully saturated rings. The van der Waals surface area contributed by atoms with Crippen molar-refractivity contribution in [3.63, 3.8) is 0 Å². The lowest BCUT2D eigenvalue weighted by molar-refractivity contribution is -0.142. The third-order valence-corrected chi connectivity index (χ3v) is 11.6. The molecule has 0 saturated carbocycles. The summed E-state index contributed by atoms with van der Waals surface area (Å²) in [6, 6.07) is 12.0. The molecule has 2 aromatic carbocycles. The van der Waals surface area contributed by atoms with E-state index in [1.54, 1.807) is 28.1 Å². The molecule has 4 aliphatic heterocycles. The van der Waals surface area contributed by atoms with Crippen LogP contribution in [0.15, 0.2) is 41.2 Å². The first-order valence-electron chi connectivity index (χ1n) is 18.5. The van der Waals surface area contributed by atoms with Crippen molar-refractivity contribution in [2.45, 2.75) is 82.6 Å². The Hall–Kier alpha value is -4.36. The number of amides is 4. The molecule has 274 valence electrons. The molecule has 4 aliphatic rings. The fourth-order valence-corrected chi connectivity index (χ4v) is 8.66. The highest BCUT2D eigenvalue weighted by Crippen LogP contribution is 2.27. The van der Waals surface area contributed by atoms with Crippen LogP contribution in [0.3, 0.4) is 0 Å². The minimum atomic E-state index is -1.02. The number of anilines is 1. The second-order valence-corrected chi connectivity index (χ2v) is 14.8. The van der Waals surface area contributed by atoms with Gasteiger partial charge in [-0.05, 0) is 80.7 Å². The predicted molar refractivity (Wildman–Crippen MR) is 194 cm³/mol. The molecule has 13 nitrogen and oxygen atoms in total. The van der Waals surface area contributed by atoms with Crippen molar-refractivity contribution < 1.29 is 24.2 Å². The molecule has 1 atom stereocenters. The molecule has 3 aromatic rings. The van der Waals surface area contributed by atoms with Gasteiger partial charge in [-0.25, -0.2) is 14.4 Å². The number of hydrogen-bond donors (Lipinski definition) is 2. The third-order valence-electron chi connectivity index (χ3n) is 11.6. The van der Waals surface area contributed by atoms with Crippen molar-refractivity contribution in [1.82, 2.24) is 28.7 Å². The van der Waals surface area contributed by atoms with Gasteiger partial charge in [0.15, 0.2) is 6.10 Å². The first-order chi connectivity index (χ1) is 24.6. The number of urea groups is 1. The van der Waals surface area contributed by atoms with Gasteiger partial charge in [-0.2, -0.15) is 0 Å². The summed E-state index contributed by atoms with van der Waals surface area (Å²) in [6.45, 7) is 6.31. The summed E-state index contributed by atoms with van der Waals surface area (Å²) < 4.78 is 9.36. The number of likely N-dealkylation sites (tertiary alicyclic amines) is 3. The van der Waals surface area contributed by atoms with Gasteiger partial charge in [-0.1, -0.05) is 24.3 Å². The maximum Gasteiger partial charge on any atom is 0.410 e. The fourth-order valence-electron chi connectivity index (χ4n) is 8.66. The highest BCUT2D eigenvalue weighted by molar-refractivity contribution is 5.91. The van der Waals surface area contributed by atoms with Crippen LogP contribution < -0.4 is 11.0 Å². The summed E-state index contributed by atoms with van der Waals surface area (Å²) in [6.07, 6.45) is 3.67. The number of aliphatic hydroxyl groups is 1. The number of piperidine rings is 3. The number of para-hydroxylation sites is 1. The summed E-state index contributed by atoms with van der Waals surface area (Å²) in [4.78, 5) is 61.7. The van der Waals surface area contributed by atoms with Gasteiger partial charge in [0, 0.05) is 84.1 Å². The lowest BCUT2D eigenvalue weighted by Gasteiger charge is -2.41. The number of fused-ring (bicyclic) bond motifs is 2. The van der Waals surface area contributed by atoms with Gasteiger partial charge in [0.2, 0.25) is 0 Å². The number of carbonyl (C=O) groups is 3. The van der Waals surface area contributed by atoms with E-state index >= 15 is 0 Å². The van der Waals surface area contributed by atoms with Gasteiger partial charge >= 0.3 is 17.8 Å². The van der Waals surface area contributed by atoms with E-state index in [0.29, 0.717) is 51.6 Å². The van der Waals surface area contributed by atoms with Gasteiger partial charge in [0.1, 0.15) is 0 Å². The highest BCUT2D eigenvalue weighted by Gasteiger charge is 2.37. The highest BCUT2D eigenvalue weighted by atomic mass is 16.6. The zero-order chi connectivity index (χ0) is 35.8. The molecule has 0 spiro atoms. The van der Waals surface area contributed by atoms with E-state index in [-0.39, 0.29) is 36.2 Å². The van der Waals surface area contributed by atoms with Gasteiger partial charge in [0.05, 0.1) is 17.1 Å². The lowest BCUT2D eigenvalue weighted by Crippen LogP contribution is -2.53. The summed E-state index contributed by atoms with van der Waals surface area (Å²) in [7, 11) is 3.49. The van der Waals surface area contributed by atoms with Gasteiger partial charge in [-0.15, -0.1) is 0 Å². The molecule has 13 heteroatoms. The second-order valence-electron chi connectivity index (χ2n) is 14.8. The van der Waals surface area contributed by atoms with Crippen LogP contribution >= 0.6 is 0 Å². The Balaban J connectivity index is 1.03. The largest absolute Gasteiger partial charge is 0.436 e. The Labute approximate surface area is 298 Å². The van der Waals surface area contributed by atoms with E-state index in [9.17, 15) is 24.3 Å². The van der Waals surface area contributed by atoms with E-state index < -0.39 is 12.2 Å². The van der Waals surface area contributed by atoms with Crippen LogP contribution in [-0.2, 0) is 36.5 Å². The number of nitrogens with zero attached hydrogens (tertiary/aromatic N) is 6. The number of benzene rings is 2. The maximum absolute atomic E-state index is 14.2. The van der Waals surface area contributed by atoms with Crippen LogP contribution in [0.1, 0.15) is 55.2 Å². The second kappa shape index (κ2) is 14.7. The van der Waals surface area contributed by atoms with Crippen LogP contribution in [0.2, 0.25) is 0 Å². The molecule has 5 heterocycles. The Bertz CT molecular complexity index is 1830. The summed E-state index contributed by atoms with van der Waals surface area (Å²) >= 11 is 0. The Morgan fingerprint density at radius 3 is 2.25 bits per heavy atom. The summed E-state index contributed by atoms with van der Waals surface area (Å²) in [5, 5.41) is 13.0. The van der Waals surface area contributed by atoms with E-state index in [1.165, 1.54) is 0 Å². The predicted octanol–water partition coefficient (Wildman–Crippen LogP) is 3.24. The average molecular weight is 702 g/mol. The van der Waals surface area contributed by atoms with Crippen LogP contribution in [0, 0.1) is 6.92 Å². The minimum Gasteiger partial charge on any atom is -0.436 e. The van der Waals surface area contributed by atoms with Gasteiger partial charge < -0.3 is 34.8 Å². The fraction of sp³-hybridized carbons (Fsp3) is 0.579. The number of imidazole rings is 1. The smallest absolute Gasteiger partial charge is 0.410 e. The molecule has 1 aromatic heterocycles. The van der Waals surface area contributed by atoms with Crippen LogP contribution in [-0.4, -0.2) is 122 Å². The SMILES string of the molecule is Cc1cc(C[C@@H](OC(=O)N2CCC(N3CCc4ccccc4NC3=O)CC2)C(=O)N2CCC(N3CCC(O)CC3)CC2)cc2c1n(C)c(=O)n2C. The molecule has 3 saturated heterocycles. The zero-order valence-corrected chi connectivity index (χ0v) is 30.1. The standard InChI is InChI=1S/C38H51N7O6/c1-25-22-26(23-32-34(25)41(3)37(49)40(32)2)24-33(35(47)43-15-9-28(10-16-43)42-19-13-30(46)14-20-42)51-38(50)44-17-11-29(12-18-44)45-21-8-27-6-4-5-7-31(27)39-36(45)48/h4-7,22-23,28-30,33,46H,8-21,24H2,1-3H3,(H,39,48)/t33-/m1/s1. The van der Waals surface area contributed by atoms with Gasteiger partial charge in [0.25, 0.3) is 5.91 Å². The molecule has 0 unspecified atom stereocenters. The van der Waals surface area contributed by atoms with Crippen molar-refractivity contribution in [1.29, 1.82) is 0 Å². The number of aromatic nitrogens is 2. The van der Waals surface area contributed by atoms with Crippen LogP contribution in [0.5, 0.6) is 0 Å². The molecule has 7 rings (SSSR count). The van der Waals surface area contributed by atoms with E-state index in [2.05, 4.69) is 10.2 Å². The molecule has 0 aliphatic carbocycles. The number of aliphatic hydroxyl groups excluding tert-OH is 1. The van der Waals surface area contributed by atoms with Crippen molar-refractivity contribution in [2.24, 2.45) is 14.1 Å². The lowest BCUT2D eigenvalue weighted by atomic mass is 9.98. The molecular weight excluding hydrogens is 650 g/mol. The molecule has 0 bridgehead atoms. The summed E-state index contributed by atoms with van der Waals surface area (Å²) in [5.74, 6) is -0.203. The Morgan fingerprint density at radius 1 is 0.863 bits per heavy atom. The first kappa shape index (κ1) is 35.1. The number of carbonyl (C=O) groups excluding carboxylic acids is 3. The number of hydrogen-bond acceptors (Lipinski definition) is 7. The molecule has 51 heavy (non-hydrogen) atoms. The molecule has 0 radical (unpaired) electrons. The quantitative estimate of drug-likeness (QED) is 0.404. The van der Waals surface area contributed by atoms with Gasteiger partial charge in [-0.3, -0.25) is 13.9 Å². The van der Waals surface area contributed by atoms with Crippen LogP contribution in [0.4, 0.5) is 15.3 Å². The maximum atomic E-state index is 14.2. The third kappa shape index (κ3) is 7.23. The van der Waals surface area contributed by atoms with E-state index in [4.69, 9.17) is 4.74 Å². The number of ether oxygens (including phenoxy) is 1. The van der Waals surface area contributed by atoms with E-state index in [0.717, 1.165) is 78.6 Å². The molecule has 2 N–H and O–H groups in total. The first-order valence-corrected chi connectivity index (χ1v) is 18.5. The van der Waals surface area contributed by atoms with Crippen molar-refractivity contribution in [3.05, 3.63) is 63.6 Å². The average Bonchev–Trinajstić information content (AvgIpc) is 3.25. The Morgan fingerprint density at radius 2 is 1.53 bits per heavy atom.